The topological polar surface area (TPSA) is 83.5 Å². The summed E-state index contributed by atoms with van der Waals surface area (Å²) in [5.41, 5.74) is 2.06. The number of carbonyl (C=O) groups is 1. The Morgan fingerprint density at radius 3 is 3.04 bits per heavy atom. The van der Waals surface area contributed by atoms with Crippen molar-refractivity contribution in [3.8, 4) is 0 Å². The van der Waals surface area contributed by atoms with Crippen LogP contribution in [-0.2, 0) is 4.74 Å². The number of carbonyl (C=O) groups excluding carboxylic acids is 1. The second-order valence-electron chi connectivity index (χ2n) is 5.80. The lowest BCUT2D eigenvalue weighted by Gasteiger charge is -2.34. The zero-order valence-electron chi connectivity index (χ0n) is 13.7. The van der Waals surface area contributed by atoms with E-state index in [0.29, 0.717) is 17.3 Å². The third-order valence-electron chi connectivity index (χ3n) is 3.62. The van der Waals surface area contributed by atoms with Crippen molar-refractivity contribution in [3.63, 3.8) is 0 Å². The van der Waals surface area contributed by atoms with Crippen LogP contribution in [0, 0.1) is 0 Å². The highest BCUT2D eigenvalue weighted by molar-refractivity contribution is 7.13. The summed E-state index contributed by atoms with van der Waals surface area (Å²) in [6.07, 6.45) is 1.75. The van der Waals surface area contributed by atoms with E-state index in [1.807, 2.05) is 20.2 Å². The smallest absolute Gasteiger partial charge is 0.259 e. The van der Waals surface area contributed by atoms with Gasteiger partial charge in [0, 0.05) is 25.8 Å². The van der Waals surface area contributed by atoms with Crippen LogP contribution >= 0.6 is 11.3 Å². The normalized spacial score (nSPS) is 18.0. The van der Waals surface area contributed by atoms with E-state index < -0.39 is 0 Å². The van der Waals surface area contributed by atoms with Crippen LogP contribution in [0.1, 0.15) is 10.4 Å². The molecular formula is C15H20N6O2S. The van der Waals surface area contributed by atoms with E-state index >= 15 is 0 Å². The molecule has 1 N–H and O–H groups in total. The molecule has 0 aromatic carbocycles. The fourth-order valence-electron chi connectivity index (χ4n) is 2.55. The monoisotopic (exact) mass is 348 g/mol. The zero-order valence-corrected chi connectivity index (χ0v) is 14.5. The summed E-state index contributed by atoms with van der Waals surface area (Å²) in [5, 5.41) is 10.7. The predicted octanol–water partition coefficient (Wildman–Crippen LogP) is 0.952. The molecule has 2 aromatic heterocycles. The molecule has 0 bridgehead atoms. The first-order chi connectivity index (χ1) is 11.6. The zero-order chi connectivity index (χ0) is 16.9. The molecule has 0 saturated carbocycles. The molecule has 2 aromatic rings. The Morgan fingerprint density at radius 1 is 1.50 bits per heavy atom. The number of nitrogens with one attached hydrogen (secondary N) is 1. The molecule has 128 valence electrons. The van der Waals surface area contributed by atoms with Gasteiger partial charge in [-0.25, -0.2) is 4.98 Å². The Kier molecular flexibility index (Phi) is 5.34. The Morgan fingerprint density at radius 2 is 2.38 bits per heavy atom. The number of hydrogen-bond donors (Lipinski definition) is 1. The lowest BCUT2D eigenvalue weighted by atomic mass is 10.2. The lowest BCUT2D eigenvalue weighted by molar-refractivity contribution is 0.0245. The van der Waals surface area contributed by atoms with Crippen molar-refractivity contribution in [1.29, 1.82) is 0 Å². The number of morpholine rings is 1. The van der Waals surface area contributed by atoms with Crippen molar-refractivity contribution in [3.05, 3.63) is 29.4 Å². The van der Waals surface area contributed by atoms with Crippen LogP contribution in [0.3, 0.4) is 0 Å². The highest BCUT2D eigenvalue weighted by Crippen LogP contribution is 2.17. The number of hydrogen-bond acceptors (Lipinski definition) is 8. The average Bonchev–Trinajstić information content (AvgIpc) is 3.07. The van der Waals surface area contributed by atoms with Crippen LogP contribution in [0.15, 0.2) is 23.8 Å². The molecule has 0 aliphatic carbocycles. The number of pyridine rings is 1. The first kappa shape index (κ1) is 16.7. The van der Waals surface area contributed by atoms with Crippen molar-refractivity contribution in [2.45, 2.75) is 6.10 Å². The molecule has 1 atom stereocenters. The molecule has 1 saturated heterocycles. The van der Waals surface area contributed by atoms with Crippen molar-refractivity contribution >= 4 is 28.2 Å². The van der Waals surface area contributed by atoms with Gasteiger partial charge in [0.2, 0.25) is 5.13 Å². The van der Waals surface area contributed by atoms with E-state index in [0.717, 1.165) is 25.5 Å². The van der Waals surface area contributed by atoms with Crippen LogP contribution in [0.5, 0.6) is 0 Å². The van der Waals surface area contributed by atoms with Gasteiger partial charge in [-0.3, -0.25) is 10.1 Å². The summed E-state index contributed by atoms with van der Waals surface area (Å²) in [6, 6.07) is 3.64. The highest BCUT2D eigenvalue weighted by Gasteiger charge is 2.22. The molecule has 1 unspecified atom stereocenters. The van der Waals surface area contributed by atoms with Gasteiger partial charge in [-0.15, -0.1) is 10.2 Å². The first-order valence-electron chi connectivity index (χ1n) is 7.66. The number of nitrogens with zero attached hydrogens (tertiary/aromatic N) is 5. The Hall–Kier alpha value is -2.10. The molecule has 0 radical (unpaired) electrons. The summed E-state index contributed by atoms with van der Waals surface area (Å²) in [4.78, 5) is 20.8. The molecule has 1 fully saturated rings. The van der Waals surface area contributed by atoms with Crippen LogP contribution < -0.4 is 10.2 Å². The number of aromatic nitrogens is 3. The molecule has 24 heavy (non-hydrogen) atoms. The fourth-order valence-corrected chi connectivity index (χ4v) is 2.99. The first-order valence-corrected chi connectivity index (χ1v) is 8.54. The molecular weight excluding hydrogens is 328 g/mol. The van der Waals surface area contributed by atoms with Crippen molar-refractivity contribution in [2.75, 3.05) is 50.6 Å². The number of likely N-dealkylation sites (N-methyl/N-ethyl adjacent to an activating group) is 1. The molecule has 1 amide bonds. The summed E-state index contributed by atoms with van der Waals surface area (Å²) in [7, 11) is 4.07. The minimum absolute atomic E-state index is 0.163. The average molecular weight is 348 g/mol. The van der Waals surface area contributed by atoms with E-state index in [-0.39, 0.29) is 12.0 Å². The van der Waals surface area contributed by atoms with Crippen molar-refractivity contribution in [2.24, 2.45) is 0 Å². The third-order valence-corrected chi connectivity index (χ3v) is 4.23. The predicted molar refractivity (Wildman–Crippen MR) is 92.6 cm³/mol. The number of amides is 1. The van der Waals surface area contributed by atoms with Gasteiger partial charge in [-0.05, 0) is 26.2 Å². The second kappa shape index (κ2) is 7.65. The van der Waals surface area contributed by atoms with Gasteiger partial charge in [0.25, 0.3) is 5.91 Å². The largest absolute Gasteiger partial charge is 0.373 e. The molecule has 1 aliphatic heterocycles. The van der Waals surface area contributed by atoms with E-state index in [4.69, 9.17) is 4.74 Å². The second-order valence-corrected chi connectivity index (χ2v) is 6.64. The minimum Gasteiger partial charge on any atom is -0.373 e. The number of rotatable bonds is 5. The molecule has 0 spiro atoms. The molecule has 8 nitrogen and oxygen atoms in total. The summed E-state index contributed by atoms with van der Waals surface area (Å²) in [5.74, 6) is 0.618. The molecule has 9 heteroatoms. The SMILES string of the molecule is CN(C)CC1CN(c2ccc(C(=O)Nc3nncs3)cn2)CCO1. The molecule has 1 aliphatic rings. The minimum atomic E-state index is -0.238. The van der Waals surface area contributed by atoms with Gasteiger partial charge in [0.15, 0.2) is 0 Å². The number of ether oxygens (including phenoxy) is 1. The van der Waals surface area contributed by atoms with Gasteiger partial charge in [0.05, 0.1) is 18.3 Å². The molecule has 3 heterocycles. The van der Waals surface area contributed by atoms with Crippen LogP contribution in [0.2, 0.25) is 0 Å². The third kappa shape index (κ3) is 4.25. The van der Waals surface area contributed by atoms with Crippen LogP contribution in [-0.4, -0.2) is 72.4 Å². The van der Waals surface area contributed by atoms with E-state index in [9.17, 15) is 4.79 Å². The Labute approximate surface area is 144 Å². The van der Waals surface area contributed by atoms with Gasteiger partial charge in [0.1, 0.15) is 11.3 Å². The maximum atomic E-state index is 12.1. The quantitative estimate of drug-likeness (QED) is 0.861. The summed E-state index contributed by atoms with van der Waals surface area (Å²) < 4.78 is 5.77. The summed E-state index contributed by atoms with van der Waals surface area (Å²) >= 11 is 1.28. The Balaban J connectivity index is 1.62. The van der Waals surface area contributed by atoms with E-state index in [1.54, 1.807) is 17.8 Å². The van der Waals surface area contributed by atoms with Crippen LogP contribution in [0.4, 0.5) is 10.9 Å². The number of anilines is 2. The van der Waals surface area contributed by atoms with Crippen LogP contribution in [0.25, 0.3) is 0 Å². The maximum absolute atomic E-state index is 12.1. The fraction of sp³-hybridized carbons (Fsp3) is 0.467. The standard InChI is InChI=1S/C15H20N6O2S/c1-20(2)8-12-9-21(5-6-23-12)13-4-3-11(7-16-13)14(22)18-15-19-17-10-24-15/h3-4,7,10,12H,5-6,8-9H2,1-2H3,(H,18,19,22). The van der Waals surface area contributed by atoms with Gasteiger partial charge in [-0.1, -0.05) is 11.3 Å². The van der Waals surface area contributed by atoms with Gasteiger partial charge < -0.3 is 14.5 Å². The molecule has 3 rings (SSSR count). The van der Waals surface area contributed by atoms with Crippen molar-refractivity contribution < 1.29 is 9.53 Å². The van der Waals surface area contributed by atoms with E-state index in [2.05, 4.69) is 30.3 Å². The Bertz CT molecular complexity index is 661. The van der Waals surface area contributed by atoms with E-state index in [1.165, 1.54) is 11.3 Å². The van der Waals surface area contributed by atoms with Gasteiger partial charge in [-0.2, -0.15) is 0 Å². The maximum Gasteiger partial charge on any atom is 0.259 e. The van der Waals surface area contributed by atoms with Gasteiger partial charge >= 0.3 is 0 Å². The lowest BCUT2D eigenvalue weighted by Crippen LogP contribution is -2.46. The highest BCUT2D eigenvalue weighted by atomic mass is 32.1. The summed E-state index contributed by atoms with van der Waals surface area (Å²) in [6.45, 7) is 3.15. The van der Waals surface area contributed by atoms with Crippen molar-refractivity contribution in [1.82, 2.24) is 20.1 Å².